The Hall–Kier alpha value is -2.44. The van der Waals surface area contributed by atoms with Gasteiger partial charge in [0.05, 0.1) is 18.9 Å². The number of nitrogens with one attached hydrogen (secondary N) is 1. The summed E-state index contributed by atoms with van der Waals surface area (Å²) in [6.45, 7) is 2.38. The summed E-state index contributed by atoms with van der Waals surface area (Å²) < 4.78 is 19.8. The summed E-state index contributed by atoms with van der Waals surface area (Å²) in [4.78, 5) is 8.32. The van der Waals surface area contributed by atoms with Crippen molar-refractivity contribution in [2.24, 2.45) is 0 Å². The molecule has 6 nitrogen and oxygen atoms in total. The van der Waals surface area contributed by atoms with Gasteiger partial charge in [-0.3, -0.25) is 0 Å². The normalized spacial score (nSPS) is 11.1. The number of rotatable bonds is 4. The first kappa shape index (κ1) is 11.6. The van der Waals surface area contributed by atoms with Crippen LogP contribution in [0.5, 0.6) is 0 Å². The number of hydrogen-bond acceptors (Lipinski definition) is 5. The number of aromatic nitrogens is 4. The van der Waals surface area contributed by atoms with Crippen molar-refractivity contribution >= 4 is 11.6 Å². The van der Waals surface area contributed by atoms with Gasteiger partial charge in [0, 0.05) is 6.42 Å². The van der Waals surface area contributed by atoms with Gasteiger partial charge in [-0.05, 0) is 12.1 Å². The zero-order valence-corrected chi connectivity index (χ0v) is 10.3. The smallest absolute Gasteiger partial charge is 0.243 e. The lowest BCUT2D eigenvalue weighted by molar-refractivity contribution is 0.465. The lowest BCUT2D eigenvalue weighted by Crippen LogP contribution is -2.01. The van der Waals surface area contributed by atoms with Crippen LogP contribution in [0.4, 0.5) is 10.3 Å². The third kappa shape index (κ3) is 2.40. The molecule has 7 heteroatoms. The van der Waals surface area contributed by atoms with Crippen molar-refractivity contribution in [2.75, 3.05) is 5.32 Å². The molecule has 0 bridgehead atoms. The van der Waals surface area contributed by atoms with Crippen LogP contribution in [0.3, 0.4) is 0 Å². The molecule has 0 saturated heterocycles. The number of aryl methyl sites for hydroxylation is 1. The Morgan fingerprint density at radius 3 is 3.11 bits per heavy atom. The van der Waals surface area contributed by atoms with Crippen LogP contribution in [0.1, 0.15) is 18.6 Å². The molecule has 0 spiro atoms. The van der Waals surface area contributed by atoms with E-state index in [9.17, 15) is 4.39 Å². The first-order valence-electron chi connectivity index (χ1n) is 5.94. The summed E-state index contributed by atoms with van der Waals surface area (Å²) in [5.41, 5.74) is 0.575. The van der Waals surface area contributed by atoms with Crippen molar-refractivity contribution in [3.05, 3.63) is 42.0 Å². The van der Waals surface area contributed by atoms with E-state index in [4.69, 9.17) is 4.42 Å². The third-order valence-electron chi connectivity index (χ3n) is 2.64. The number of fused-ring (bicyclic) bond motifs is 1. The van der Waals surface area contributed by atoms with E-state index in [1.807, 2.05) is 6.92 Å². The van der Waals surface area contributed by atoms with E-state index in [0.717, 1.165) is 12.2 Å². The molecule has 0 aliphatic heterocycles. The lowest BCUT2D eigenvalue weighted by Gasteiger charge is -1.96. The first-order chi connectivity index (χ1) is 9.24. The summed E-state index contributed by atoms with van der Waals surface area (Å²) in [6.07, 6.45) is 3.77. The molecule has 3 aromatic heterocycles. The van der Waals surface area contributed by atoms with Gasteiger partial charge in [0.2, 0.25) is 11.8 Å². The number of anilines is 1. The minimum Gasteiger partial charge on any atom is -0.444 e. The van der Waals surface area contributed by atoms with Gasteiger partial charge in [0.25, 0.3) is 0 Å². The molecular weight excluding hydrogens is 249 g/mol. The Morgan fingerprint density at radius 1 is 1.42 bits per heavy atom. The molecule has 0 aliphatic carbocycles. The van der Waals surface area contributed by atoms with Gasteiger partial charge in [-0.25, -0.2) is 13.9 Å². The predicted molar refractivity (Wildman–Crippen MR) is 66.2 cm³/mol. The molecule has 0 saturated carbocycles. The second-order valence-electron chi connectivity index (χ2n) is 4.01. The van der Waals surface area contributed by atoms with Gasteiger partial charge in [-0.2, -0.15) is 4.98 Å². The van der Waals surface area contributed by atoms with E-state index in [1.54, 1.807) is 12.3 Å². The van der Waals surface area contributed by atoms with Crippen LogP contribution >= 0.6 is 0 Å². The highest BCUT2D eigenvalue weighted by molar-refractivity contribution is 5.42. The SMILES string of the molecule is CCc1cnc(CNc2nc3ccc(F)cn3n2)o1. The van der Waals surface area contributed by atoms with E-state index in [0.29, 0.717) is 24.0 Å². The highest BCUT2D eigenvalue weighted by atomic mass is 19.1. The highest BCUT2D eigenvalue weighted by Gasteiger charge is 2.06. The Balaban J connectivity index is 1.74. The summed E-state index contributed by atoms with van der Waals surface area (Å²) >= 11 is 0. The maximum atomic E-state index is 13.0. The van der Waals surface area contributed by atoms with Crippen LogP contribution in [0.25, 0.3) is 5.65 Å². The van der Waals surface area contributed by atoms with E-state index >= 15 is 0 Å². The van der Waals surface area contributed by atoms with Crippen molar-refractivity contribution in [3.63, 3.8) is 0 Å². The molecule has 0 aliphatic rings. The number of halogens is 1. The minimum absolute atomic E-state index is 0.357. The lowest BCUT2D eigenvalue weighted by atomic mass is 10.4. The van der Waals surface area contributed by atoms with Crippen molar-refractivity contribution in [3.8, 4) is 0 Å². The van der Waals surface area contributed by atoms with Gasteiger partial charge in [0.1, 0.15) is 11.6 Å². The maximum absolute atomic E-state index is 13.0. The quantitative estimate of drug-likeness (QED) is 0.778. The zero-order valence-electron chi connectivity index (χ0n) is 10.3. The number of oxazole rings is 1. The topological polar surface area (TPSA) is 68.2 Å². The summed E-state index contributed by atoms with van der Waals surface area (Å²) in [5, 5.41) is 7.09. The predicted octanol–water partition coefficient (Wildman–Crippen LogP) is 2.03. The molecule has 0 aromatic carbocycles. The molecular formula is C12H12FN5O. The molecule has 3 aromatic rings. The molecule has 1 N–H and O–H groups in total. The van der Waals surface area contributed by atoms with E-state index < -0.39 is 0 Å². The van der Waals surface area contributed by atoms with Crippen LogP contribution < -0.4 is 5.32 Å². The molecule has 0 atom stereocenters. The third-order valence-corrected chi connectivity index (χ3v) is 2.64. The van der Waals surface area contributed by atoms with Crippen molar-refractivity contribution < 1.29 is 8.81 Å². The Morgan fingerprint density at radius 2 is 2.32 bits per heavy atom. The number of pyridine rings is 1. The number of hydrogen-bond donors (Lipinski definition) is 1. The monoisotopic (exact) mass is 261 g/mol. The second kappa shape index (κ2) is 4.68. The van der Waals surface area contributed by atoms with E-state index in [1.165, 1.54) is 16.8 Å². The molecule has 3 rings (SSSR count). The van der Waals surface area contributed by atoms with Gasteiger partial charge < -0.3 is 9.73 Å². The fourth-order valence-corrected chi connectivity index (χ4v) is 1.68. The maximum Gasteiger partial charge on any atom is 0.243 e. The Bertz CT molecular complexity index is 705. The zero-order chi connectivity index (χ0) is 13.2. The van der Waals surface area contributed by atoms with Gasteiger partial charge in [-0.1, -0.05) is 6.92 Å². The van der Waals surface area contributed by atoms with Crippen LogP contribution in [-0.4, -0.2) is 19.6 Å². The second-order valence-corrected chi connectivity index (χ2v) is 4.01. The molecule has 0 radical (unpaired) electrons. The first-order valence-corrected chi connectivity index (χ1v) is 5.94. The molecule has 0 amide bonds. The summed E-state index contributed by atoms with van der Waals surface area (Å²) in [6, 6.07) is 2.91. The summed E-state index contributed by atoms with van der Waals surface area (Å²) in [5.74, 6) is 1.45. The van der Waals surface area contributed by atoms with Gasteiger partial charge in [0.15, 0.2) is 5.65 Å². The molecule has 3 heterocycles. The van der Waals surface area contributed by atoms with Crippen LogP contribution in [0.15, 0.2) is 28.9 Å². The van der Waals surface area contributed by atoms with Crippen LogP contribution in [-0.2, 0) is 13.0 Å². The standard InChI is InChI=1S/C12H12FN5O/c1-2-9-5-14-11(19-9)6-15-12-16-10-4-3-8(13)7-18(10)17-12/h3-5,7H,2,6H2,1H3,(H,15,17). The van der Waals surface area contributed by atoms with E-state index in [-0.39, 0.29) is 5.82 Å². The van der Waals surface area contributed by atoms with Crippen LogP contribution in [0, 0.1) is 5.82 Å². The Kier molecular flexibility index (Phi) is 2.86. The average Bonchev–Trinajstić information content (AvgIpc) is 3.01. The average molecular weight is 261 g/mol. The Labute approximate surface area is 108 Å². The van der Waals surface area contributed by atoms with Gasteiger partial charge in [-0.15, -0.1) is 5.10 Å². The molecule has 0 unspecified atom stereocenters. The fourth-order valence-electron chi connectivity index (χ4n) is 1.68. The van der Waals surface area contributed by atoms with Crippen molar-refractivity contribution in [2.45, 2.75) is 19.9 Å². The fraction of sp³-hybridized carbons (Fsp3) is 0.250. The van der Waals surface area contributed by atoms with Gasteiger partial charge >= 0.3 is 0 Å². The summed E-state index contributed by atoms with van der Waals surface area (Å²) in [7, 11) is 0. The molecule has 98 valence electrons. The van der Waals surface area contributed by atoms with Crippen molar-refractivity contribution in [1.29, 1.82) is 0 Å². The largest absolute Gasteiger partial charge is 0.444 e. The molecule has 0 fully saturated rings. The van der Waals surface area contributed by atoms with Crippen LogP contribution in [0.2, 0.25) is 0 Å². The van der Waals surface area contributed by atoms with E-state index in [2.05, 4.69) is 20.4 Å². The molecule has 19 heavy (non-hydrogen) atoms. The minimum atomic E-state index is -0.357. The van der Waals surface area contributed by atoms with Crippen molar-refractivity contribution in [1.82, 2.24) is 19.6 Å². The highest BCUT2D eigenvalue weighted by Crippen LogP contribution is 2.09. The number of nitrogens with zero attached hydrogens (tertiary/aromatic N) is 4.